The predicted octanol–water partition coefficient (Wildman–Crippen LogP) is 3.66. The number of benzene rings is 1. The topological polar surface area (TPSA) is 67.2 Å². The second-order valence-corrected chi connectivity index (χ2v) is 8.28. The van der Waals surface area contributed by atoms with Gasteiger partial charge in [0, 0.05) is 37.1 Å². The second kappa shape index (κ2) is 8.61. The number of rotatable bonds is 5. The van der Waals surface area contributed by atoms with Crippen LogP contribution in [0.1, 0.15) is 41.0 Å². The van der Waals surface area contributed by atoms with E-state index in [-0.39, 0.29) is 23.8 Å². The van der Waals surface area contributed by atoms with Crippen LogP contribution in [0.2, 0.25) is 0 Å². The van der Waals surface area contributed by atoms with Crippen molar-refractivity contribution in [3.8, 4) is 5.69 Å². The summed E-state index contributed by atoms with van der Waals surface area (Å²) in [5, 5.41) is 5.05. The molecule has 0 bridgehead atoms. The fourth-order valence-electron chi connectivity index (χ4n) is 3.66. The van der Waals surface area contributed by atoms with Crippen LogP contribution in [-0.4, -0.2) is 39.4 Å². The van der Waals surface area contributed by atoms with Gasteiger partial charge in [0.1, 0.15) is 0 Å². The van der Waals surface area contributed by atoms with E-state index in [1.807, 2.05) is 64.4 Å². The largest absolute Gasteiger partial charge is 0.349 e. The zero-order valence-electron chi connectivity index (χ0n) is 16.3. The molecule has 6 nitrogen and oxygen atoms in total. The normalized spacial score (nSPS) is 15.8. The van der Waals surface area contributed by atoms with Crippen LogP contribution < -0.4 is 5.32 Å². The first-order valence-corrected chi connectivity index (χ1v) is 10.7. The van der Waals surface area contributed by atoms with E-state index in [1.54, 1.807) is 12.5 Å². The summed E-state index contributed by atoms with van der Waals surface area (Å²) in [6.45, 7) is 3.26. The van der Waals surface area contributed by atoms with Crippen LogP contribution >= 0.6 is 11.3 Å². The number of amides is 2. The van der Waals surface area contributed by atoms with Gasteiger partial charge in [-0.25, -0.2) is 4.98 Å². The average Bonchev–Trinajstić information content (AvgIpc) is 3.47. The summed E-state index contributed by atoms with van der Waals surface area (Å²) in [5.74, 6) is 0.0969. The van der Waals surface area contributed by atoms with Gasteiger partial charge in [0.15, 0.2) is 0 Å². The van der Waals surface area contributed by atoms with Gasteiger partial charge in [0.25, 0.3) is 5.91 Å². The molecule has 7 heteroatoms. The molecule has 1 saturated heterocycles. The van der Waals surface area contributed by atoms with Crippen molar-refractivity contribution in [1.82, 2.24) is 19.8 Å². The van der Waals surface area contributed by atoms with Crippen LogP contribution in [0.25, 0.3) is 5.69 Å². The van der Waals surface area contributed by atoms with E-state index in [1.165, 1.54) is 11.3 Å². The van der Waals surface area contributed by atoms with E-state index < -0.39 is 0 Å². The predicted molar refractivity (Wildman–Crippen MR) is 113 cm³/mol. The van der Waals surface area contributed by atoms with Gasteiger partial charge in [-0.3, -0.25) is 9.59 Å². The van der Waals surface area contributed by atoms with E-state index in [0.29, 0.717) is 25.9 Å². The molecule has 150 valence electrons. The number of nitrogens with zero attached hydrogens (tertiary/aromatic N) is 3. The Labute approximate surface area is 174 Å². The number of piperidine rings is 1. The summed E-state index contributed by atoms with van der Waals surface area (Å²) >= 11 is 1.46. The number of likely N-dealkylation sites (tertiary alicyclic amines) is 1. The lowest BCUT2D eigenvalue weighted by Gasteiger charge is -2.31. The number of carbonyl (C=O) groups excluding carboxylic acids is 2. The van der Waals surface area contributed by atoms with Crippen LogP contribution in [-0.2, 0) is 4.79 Å². The van der Waals surface area contributed by atoms with Gasteiger partial charge in [-0.2, -0.15) is 0 Å². The number of carbonyl (C=O) groups is 2. The summed E-state index contributed by atoms with van der Waals surface area (Å²) in [4.78, 5) is 31.8. The monoisotopic (exact) mass is 408 g/mol. The number of hydrogen-bond donors (Lipinski definition) is 1. The molecule has 2 amide bonds. The summed E-state index contributed by atoms with van der Waals surface area (Å²) in [7, 11) is 0. The third-order valence-corrected chi connectivity index (χ3v) is 6.30. The molecule has 3 heterocycles. The Morgan fingerprint density at radius 1 is 1.17 bits per heavy atom. The lowest BCUT2D eigenvalue weighted by atomic mass is 9.95. The molecule has 3 aromatic rings. The molecule has 4 rings (SSSR count). The average molecular weight is 409 g/mol. The maximum absolute atomic E-state index is 12.7. The van der Waals surface area contributed by atoms with Gasteiger partial charge < -0.3 is 14.8 Å². The van der Waals surface area contributed by atoms with Crippen molar-refractivity contribution in [2.75, 3.05) is 13.1 Å². The third kappa shape index (κ3) is 4.40. The summed E-state index contributed by atoms with van der Waals surface area (Å²) < 4.78 is 1.94. The number of aromatic nitrogens is 2. The zero-order valence-corrected chi connectivity index (χ0v) is 17.1. The van der Waals surface area contributed by atoms with Crippen molar-refractivity contribution in [3.05, 3.63) is 70.9 Å². The smallest absolute Gasteiger partial charge is 0.263 e. The van der Waals surface area contributed by atoms with Crippen molar-refractivity contribution in [3.63, 3.8) is 0 Å². The molecule has 1 aromatic carbocycles. The Kier molecular flexibility index (Phi) is 5.76. The molecule has 0 radical (unpaired) electrons. The molecule has 0 spiro atoms. The molecule has 1 unspecified atom stereocenters. The lowest BCUT2D eigenvalue weighted by Crippen LogP contribution is -2.43. The fourth-order valence-corrected chi connectivity index (χ4v) is 4.35. The minimum Gasteiger partial charge on any atom is -0.349 e. The highest BCUT2D eigenvalue weighted by Gasteiger charge is 2.28. The van der Waals surface area contributed by atoms with E-state index in [0.717, 1.165) is 16.1 Å². The van der Waals surface area contributed by atoms with Crippen molar-refractivity contribution < 1.29 is 9.59 Å². The van der Waals surface area contributed by atoms with Gasteiger partial charge in [-0.1, -0.05) is 18.2 Å². The first-order chi connectivity index (χ1) is 14.1. The molecular weight excluding hydrogens is 384 g/mol. The molecule has 1 atom stereocenters. The van der Waals surface area contributed by atoms with Crippen LogP contribution in [0.5, 0.6) is 0 Å². The van der Waals surface area contributed by atoms with Crippen LogP contribution in [0.4, 0.5) is 0 Å². The second-order valence-electron chi connectivity index (χ2n) is 7.34. The molecule has 1 N–H and O–H groups in total. The minimum absolute atomic E-state index is 0.0462. The molecule has 1 fully saturated rings. The van der Waals surface area contributed by atoms with Gasteiger partial charge >= 0.3 is 0 Å². The molecule has 29 heavy (non-hydrogen) atoms. The van der Waals surface area contributed by atoms with E-state index >= 15 is 0 Å². The minimum atomic E-state index is -0.0647. The van der Waals surface area contributed by atoms with Crippen molar-refractivity contribution in [2.24, 2.45) is 5.92 Å². The van der Waals surface area contributed by atoms with E-state index in [9.17, 15) is 9.59 Å². The highest BCUT2D eigenvalue weighted by molar-refractivity contribution is 7.12. The quantitative estimate of drug-likeness (QED) is 0.701. The standard InChI is InChI=1S/C22H24N4O2S/c1-16(17-4-6-19(7-5-17)26-13-10-23-15-26)24-21(27)18-8-11-25(12-9-18)22(28)20-3-2-14-29-20/h2-7,10,13-16,18H,8-9,11-12H2,1H3,(H,24,27). The fraction of sp³-hybridized carbons (Fsp3) is 0.318. The lowest BCUT2D eigenvalue weighted by molar-refractivity contribution is -0.126. The van der Waals surface area contributed by atoms with Crippen LogP contribution in [0, 0.1) is 5.92 Å². The Balaban J connectivity index is 1.30. The highest BCUT2D eigenvalue weighted by atomic mass is 32.1. The zero-order chi connectivity index (χ0) is 20.2. The first kappa shape index (κ1) is 19.4. The summed E-state index contributed by atoms with van der Waals surface area (Å²) in [5.41, 5.74) is 2.10. The van der Waals surface area contributed by atoms with Crippen LogP contribution in [0.15, 0.2) is 60.5 Å². The Morgan fingerprint density at radius 3 is 2.55 bits per heavy atom. The van der Waals surface area contributed by atoms with E-state index in [4.69, 9.17) is 0 Å². The van der Waals surface area contributed by atoms with E-state index in [2.05, 4.69) is 10.3 Å². The van der Waals surface area contributed by atoms with Gasteiger partial charge in [-0.15, -0.1) is 11.3 Å². The number of hydrogen-bond acceptors (Lipinski definition) is 4. The van der Waals surface area contributed by atoms with Gasteiger partial charge in [0.05, 0.1) is 17.2 Å². The first-order valence-electron chi connectivity index (χ1n) is 9.83. The Bertz CT molecular complexity index is 943. The Hall–Kier alpha value is -2.93. The third-order valence-electron chi connectivity index (χ3n) is 5.44. The molecule has 0 aliphatic carbocycles. The molecule has 2 aromatic heterocycles. The molecular formula is C22H24N4O2S. The maximum atomic E-state index is 12.7. The Morgan fingerprint density at radius 2 is 1.93 bits per heavy atom. The SMILES string of the molecule is CC(NC(=O)C1CCN(C(=O)c2cccs2)CC1)c1ccc(-n2ccnc2)cc1. The molecule has 1 aliphatic heterocycles. The molecule has 0 saturated carbocycles. The number of imidazole rings is 1. The van der Waals surface area contributed by atoms with Crippen molar-refractivity contribution >= 4 is 23.2 Å². The molecule has 1 aliphatic rings. The number of nitrogens with one attached hydrogen (secondary N) is 1. The summed E-state index contributed by atoms with van der Waals surface area (Å²) in [6.07, 6.45) is 6.81. The highest BCUT2D eigenvalue weighted by Crippen LogP contribution is 2.22. The summed E-state index contributed by atoms with van der Waals surface area (Å²) in [6, 6.07) is 11.8. The number of thiophene rings is 1. The van der Waals surface area contributed by atoms with Crippen molar-refractivity contribution in [1.29, 1.82) is 0 Å². The maximum Gasteiger partial charge on any atom is 0.263 e. The van der Waals surface area contributed by atoms with Crippen LogP contribution in [0.3, 0.4) is 0 Å². The van der Waals surface area contributed by atoms with Crippen molar-refractivity contribution in [2.45, 2.75) is 25.8 Å². The van der Waals surface area contributed by atoms with Gasteiger partial charge in [0.2, 0.25) is 5.91 Å². The van der Waals surface area contributed by atoms with Gasteiger partial charge in [-0.05, 0) is 48.9 Å².